The number of rotatable bonds is 3. The first kappa shape index (κ1) is 14.6. The summed E-state index contributed by atoms with van der Waals surface area (Å²) in [5.74, 6) is 0.533. The number of nitrogens with one attached hydrogen (secondary N) is 1. The van der Waals surface area contributed by atoms with Gasteiger partial charge in [-0.1, -0.05) is 19.3 Å². The van der Waals surface area contributed by atoms with Crippen molar-refractivity contribution < 1.29 is 4.39 Å². The van der Waals surface area contributed by atoms with Crippen molar-refractivity contribution in [3.05, 3.63) is 40.4 Å². The van der Waals surface area contributed by atoms with Crippen LogP contribution < -0.4 is 5.32 Å². The molecule has 21 heavy (non-hydrogen) atoms. The highest BCUT2D eigenvalue weighted by atomic mass is 79.9. The first-order valence-electron chi connectivity index (χ1n) is 7.40. The van der Waals surface area contributed by atoms with Gasteiger partial charge in [0.15, 0.2) is 0 Å². The van der Waals surface area contributed by atoms with Crippen molar-refractivity contribution in [2.75, 3.05) is 5.32 Å². The molecular formula is C16H19BrFN3. The van der Waals surface area contributed by atoms with Gasteiger partial charge < -0.3 is 9.88 Å². The standard InChI is InChI=1S/C16H19BrFN3/c1-11-9-13(17)14(18)10-15(11)20-16-19-7-8-21(16)12-5-3-2-4-6-12/h7-10,12H,2-6H2,1H3,(H,19,20). The Bertz CT molecular complexity index is 632. The molecule has 112 valence electrons. The molecule has 1 aliphatic rings. The van der Waals surface area contributed by atoms with Crippen molar-refractivity contribution >= 4 is 27.6 Å². The molecule has 1 aliphatic carbocycles. The molecule has 0 atom stereocenters. The Hall–Kier alpha value is -1.36. The Kier molecular flexibility index (Phi) is 4.29. The fraction of sp³-hybridized carbons (Fsp3) is 0.438. The van der Waals surface area contributed by atoms with Crippen LogP contribution in [0.5, 0.6) is 0 Å². The highest BCUT2D eigenvalue weighted by Gasteiger charge is 2.18. The predicted molar refractivity (Wildman–Crippen MR) is 86.5 cm³/mol. The molecule has 0 bridgehead atoms. The largest absolute Gasteiger partial charge is 0.325 e. The van der Waals surface area contributed by atoms with Crippen LogP contribution in [0.15, 0.2) is 29.0 Å². The molecule has 1 fully saturated rings. The molecule has 0 saturated heterocycles. The molecule has 1 aromatic carbocycles. The number of anilines is 2. The van der Waals surface area contributed by atoms with Crippen LogP contribution in [-0.2, 0) is 0 Å². The number of aromatic nitrogens is 2. The first-order chi connectivity index (χ1) is 10.1. The number of benzene rings is 1. The Morgan fingerprint density at radius 2 is 2.05 bits per heavy atom. The lowest BCUT2D eigenvalue weighted by Gasteiger charge is -2.25. The molecule has 1 heterocycles. The van der Waals surface area contributed by atoms with E-state index < -0.39 is 0 Å². The minimum Gasteiger partial charge on any atom is -0.325 e. The number of halogens is 2. The summed E-state index contributed by atoms with van der Waals surface area (Å²) in [6, 6.07) is 3.80. The van der Waals surface area contributed by atoms with Gasteiger partial charge in [-0.15, -0.1) is 0 Å². The molecule has 0 unspecified atom stereocenters. The van der Waals surface area contributed by atoms with E-state index in [4.69, 9.17) is 0 Å². The van der Waals surface area contributed by atoms with Gasteiger partial charge in [-0.25, -0.2) is 9.37 Å². The van der Waals surface area contributed by atoms with Crippen molar-refractivity contribution in [1.29, 1.82) is 0 Å². The van der Waals surface area contributed by atoms with E-state index in [9.17, 15) is 4.39 Å². The maximum atomic E-state index is 13.7. The van der Waals surface area contributed by atoms with Crippen molar-refractivity contribution in [1.82, 2.24) is 9.55 Å². The maximum absolute atomic E-state index is 13.7. The van der Waals surface area contributed by atoms with Gasteiger partial charge in [0, 0.05) is 24.1 Å². The van der Waals surface area contributed by atoms with Gasteiger partial charge in [0.25, 0.3) is 0 Å². The average molecular weight is 352 g/mol. The lowest BCUT2D eigenvalue weighted by molar-refractivity contribution is 0.356. The minimum atomic E-state index is -0.265. The summed E-state index contributed by atoms with van der Waals surface area (Å²) in [6.45, 7) is 1.96. The Balaban J connectivity index is 1.85. The van der Waals surface area contributed by atoms with Crippen LogP contribution in [0.1, 0.15) is 43.7 Å². The highest BCUT2D eigenvalue weighted by molar-refractivity contribution is 9.10. The average Bonchev–Trinajstić information content (AvgIpc) is 2.94. The second kappa shape index (κ2) is 6.18. The number of aryl methyl sites for hydroxylation is 1. The topological polar surface area (TPSA) is 29.9 Å². The van der Waals surface area contributed by atoms with Crippen molar-refractivity contribution in [3.8, 4) is 0 Å². The minimum absolute atomic E-state index is 0.265. The van der Waals surface area contributed by atoms with Crippen molar-refractivity contribution in [3.63, 3.8) is 0 Å². The third kappa shape index (κ3) is 3.12. The first-order valence-corrected chi connectivity index (χ1v) is 8.20. The third-order valence-corrected chi connectivity index (χ3v) is 4.76. The van der Waals surface area contributed by atoms with E-state index in [1.54, 1.807) is 6.07 Å². The molecule has 1 N–H and O–H groups in total. The normalized spacial score (nSPS) is 16.1. The fourth-order valence-corrected chi connectivity index (χ4v) is 3.42. The second-order valence-corrected chi connectivity index (χ2v) is 6.51. The second-order valence-electron chi connectivity index (χ2n) is 5.66. The van der Waals surface area contributed by atoms with Gasteiger partial charge in [0.1, 0.15) is 5.82 Å². The van der Waals surface area contributed by atoms with Gasteiger partial charge in [-0.05, 0) is 53.4 Å². The summed E-state index contributed by atoms with van der Waals surface area (Å²) in [5.41, 5.74) is 1.75. The van der Waals surface area contributed by atoms with Crippen molar-refractivity contribution in [2.24, 2.45) is 0 Å². The molecule has 1 aromatic heterocycles. The molecule has 1 saturated carbocycles. The van der Waals surface area contributed by atoms with Crippen LogP contribution in [0.25, 0.3) is 0 Å². The molecule has 0 amide bonds. The summed E-state index contributed by atoms with van der Waals surface area (Å²) >= 11 is 3.21. The smallest absolute Gasteiger partial charge is 0.207 e. The van der Waals surface area contributed by atoms with E-state index >= 15 is 0 Å². The van der Waals surface area contributed by atoms with Crippen molar-refractivity contribution in [2.45, 2.75) is 45.1 Å². The fourth-order valence-electron chi connectivity index (χ4n) is 2.97. The SMILES string of the molecule is Cc1cc(Br)c(F)cc1Nc1nccn1C1CCCCC1. The molecule has 5 heteroatoms. The van der Waals surface area contributed by atoms with Gasteiger partial charge >= 0.3 is 0 Å². The van der Waals surface area contributed by atoms with E-state index in [0.29, 0.717) is 10.5 Å². The third-order valence-electron chi connectivity index (χ3n) is 4.15. The molecule has 0 radical (unpaired) electrons. The zero-order valence-corrected chi connectivity index (χ0v) is 13.7. The lowest BCUT2D eigenvalue weighted by Crippen LogP contribution is -2.14. The van der Waals surface area contributed by atoms with E-state index in [-0.39, 0.29) is 5.82 Å². The Morgan fingerprint density at radius 1 is 1.29 bits per heavy atom. The lowest BCUT2D eigenvalue weighted by atomic mass is 9.95. The molecule has 0 spiro atoms. The van der Waals surface area contributed by atoms with E-state index in [1.807, 2.05) is 19.3 Å². The van der Waals surface area contributed by atoms with Crippen LogP contribution in [0, 0.1) is 12.7 Å². The van der Waals surface area contributed by atoms with Gasteiger partial charge in [-0.3, -0.25) is 0 Å². The quantitative estimate of drug-likeness (QED) is 0.808. The Morgan fingerprint density at radius 3 is 2.81 bits per heavy atom. The van der Waals surface area contributed by atoms with E-state index in [1.165, 1.54) is 38.2 Å². The molecule has 2 aromatic rings. The maximum Gasteiger partial charge on any atom is 0.207 e. The zero-order chi connectivity index (χ0) is 14.8. The van der Waals surface area contributed by atoms with E-state index in [2.05, 4.69) is 30.8 Å². The zero-order valence-electron chi connectivity index (χ0n) is 12.1. The summed E-state index contributed by atoms with van der Waals surface area (Å²) in [5, 5.41) is 3.28. The van der Waals surface area contributed by atoms with Crippen LogP contribution >= 0.6 is 15.9 Å². The molecule has 3 nitrogen and oxygen atoms in total. The van der Waals surface area contributed by atoms with Gasteiger partial charge in [0.05, 0.1) is 4.47 Å². The molecule has 0 aliphatic heterocycles. The summed E-state index contributed by atoms with van der Waals surface area (Å²) in [4.78, 5) is 4.40. The van der Waals surface area contributed by atoms with Crippen LogP contribution in [0.4, 0.5) is 16.0 Å². The summed E-state index contributed by atoms with van der Waals surface area (Å²) in [7, 11) is 0. The van der Waals surface area contributed by atoms with Crippen LogP contribution in [0.2, 0.25) is 0 Å². The highest BCUT2D eigenvalue weighted by Crippen LogP contribution is 2.32. The number of hydrogen-bond donors (Lipinski definition) is 1. The van der Waals surface area contributed by atoms with Crippen LogP contribution in [0.3, 0.4) is 0 Å². The van der Waals surface area contributed by atoms with Gasteiger partial charge in [-0.2, -0.15) is 0 Å². The molecular weight excluding hydrogens is 333 g/mol. The number of nitrogens with zero attached hydrogens (tertiary/aromatic N) is 2. The number of hydrogen-bond acceptors (Lipinski definition) is 2. The summed E-state index contributed by atoms with van der Waals surface area (Å²) in [6.07, 6.45) is 10.1. The van der Waals surface area contributed by atoms with E-state index in [0.717, 1.165) is 17.2 Å². The van der Waals surface area contributed by atoms with Crippen LogP contribution in [-0.4, -0.2) is 9.55 Å². The predicted octanol–water partition coefficient (Wildman–Crippen LogP) is 5.34. The number of imidazole rings is 1. The van der Waals surface area contributed by atoms with Gasteiger partial charge in [0.2, 0.25) is 5.95 Å². The Labute approximate surface area is 132 Å². The monoisotopic (exact) mass is 351 g/mol. The molecule has 3 rings (SSSR count). The summed E-state index contributed by atoms with van der Waals surface area (Å²) < 4.78 is 16.4.